The number of halogens is 1. The van der Waals surface area contributed by atoms with Gasteiger partial charge in [0.05, 0.1) is 11.7 Å². The molecule has 0 saturated heterocycles. The minimum atomic E-state index is 0.497. The summed E-state index contributed by atoms with van der Waals surface area (Å²) in [5, 5.41) is 3.75. The minimum absolute atomic E-state index is 0.497. The third-order valence-corrected chi connectivity index (χ3v) is 3.68. The molecule has 72 valence electrons. The summed E-state index contributed by atoms with van der Waals surface area (Å²) < 4.78 is 7.97. The molecule has 2 rings (SSSR count). The molecule has 0 amide bonds. The molecule has 1 heterocycles. The zero-order chi connectivity index (χ0) is 9.31. The summed E-state index contributed by atoms with van der Waals surface area (Å²) in [6.07, 6.45) is 3.88. The summed E-state index contributed by atoms with van der Waals surface area (Å²) >= 11 is 6.96. The molecule has 0 aliphatic heterocycles. The van der Waals surface area contributed by atoms with Crippen LogP contribution in [0.15, 0.2) is 0 Å². The number of hydrogen-bond acceptors (Lipinski definition) is 4. The van der Waals surface area contributed by atoms with Gasteiger partial charge in [-0.25, -0.2) is 0 Å². The monoisotopic (exact) mass is 217 g/mol. The van der Waals surface area contributed by atoms with Crippen LogP contribution in [0.5, 0.6) is 0 Å². The summed E-state index contributed by atoms with van der Waals surface area (Å²) in [4.78, 5) is 0. The topological polar surface area (TPSA) is 37.8 Å². The average Bonchev–Trinajstić information content (AvgIpc) is 2.82. The lowest BCUT2D eigenvalue weighted by Crippen LogP contribution is -2.14. The van der Waals surface area contributed by atoms with Crippen LogP contribution < -0.4 is 5.32 Å². The van der Waals surface area contributed by atoms with Gasteiger partial charge >= 0.3 is 0 Å². The maximum absolute atomic E-state index is 5.81. The van der Waals surface area contributed by atoms with Crippen molar-refractivity contribution in [3.8, 4) is 0 Å². The summed E-state index contributed by atoms with van der Waals surface area (Å²) in [5.41, 5.74) is 0.521. The van der Waals surface area contributed by atoms with E-state index >= 15 is 0 Å². The van der Waals surface area contributed by atoms with Crippen molar-refractivity contribution in [2.24, 2.45) is 5.41 Å². The predicted molar refractivity (Wildman–Crippen MR) is 55.4 cm³/mol. The summed E-state index contributed by atoms with van der Waals surface area (Å²) in [5.74, 6) is 0.742. The fraction of sp³-hybridized carbons (Fsp3) is 0.750. The minimum Gasteiger partial charge on any atom is -0.366 e. The van der Waals surface area contributed by atoms with E-state index in [9.17, 15) is 0 Å². The van der Waals surface area contributed by atoms with Gasteiger partial charge in [-0.3, -0.25) is 0 Å². The second kappa shape index (κ2) is 3.42. The quantitative estimate of drug-likeness (QED) is 0.843. The first kappa shape index (κ1) is 9.21. The summed E-state index contributed by atoms with van der Waals surface area (Å²) in [7, 11) is 0. The Morgan fingerprint density at radius 2 is 2.31 bits per heavy atom. The third kappa shape index (κ3) is 1.94. The van der Waals surface area contributed by atoms with Crippen molar-refractivity contribution in [1.82, 2.24) is 8.75 Å². The van der Waals surface area contributed by atoms with Gasteiger partial charge in [-0.2, -0.15) is 8.75 Å². The molecule has 0 radical (unpaired) electrons. The predicted octanol–water partition coefficient (Wildman–Crippen LogP) is 2.79. The zero-order valence-electron chi connectivity index (χ0n) is 7.51. The van der Waals surface area contributed by atoms with E-state index < -0.39 is 0 Å². The highest BCUT2D eigenvalue weighted by Gasteiger charge is 2.40. The van der Waals surface area contributed by atoms with Crippen LogP contribution in [-0.4, -0.2) is 15.3 Å². The second-order valence-corrected chi connectivity index (χ2v) is 4.50. The second-order valence-electron chi connectivity index (χ2n) is 3.61. The Bertz CT molecular complexity index is 295. The molecule has 1 aromatic heterocycles. The molecule has 0 aromatic carbocycles. The Labute approximate surface area is 86.8 Å². The van der Waals surface area contributed by atoms with E-state index in [4.69, 9.17) is 11.6 Å². The van der Waals surface area contributed by atoms with Crippen LogP contribution in [0.2, 0.25) is 5.15 Å². The van der Waals surface area contributed by atoms with E-state index in [1.54, 1.807) is 0 Å². The number of rotatable bonds is 4. The molecule has 1 saturated carbocycles. The lowest BCUT2D eigenvalue weighted by Gasteiger charge is -2.12. The first-order chi connectivity index (χ1) is 6.26. The van der Waals surface area contributed by atoms with Gasteiger partial charge in [0.15, 0.2) is 11.0 Å². The van der Waals surface area contributed by atoms with Gasteiger partial charge in [0.1, 0.15) is 0 Å². The number of hydrogen-bond donors (Lipinski definition) is 1. The van der Waals surface area contributed by atoms with Gasteiger partial charge in [0.2, 0.25) is 0 Å². The molecule has 1 aromatic rings. The van der Waals surface area contributed by atoms with Crippen LogP contribution in [0, 0.1) is 5.41 Å². The van der Waals surface area contributed by atoms with E-state index in [2.05, 4.69) is 21.0 Å². The molecule has 5 heteroatoms. The van der Waals surface area contributed by atoms with Gasteiger partial charge < -0.3 is 5.32 Å². The third-order valence-electron chi connectivity index (χ3n) is 2.79. The number of anilines is 1. The molecule has 13 heavy (non-hydrogen) atoms. The Hall–Kier alpha value is -0.350. The van der Waals surface area contributed by atoms with Crippen LogP contribution in [0.25, 0.3) is 0 Å². The van der Waals surface area contributed by atoms with E-state index in [1.807, 2.05) is 0 Å². The first-order valence-corrected chi connectivity index (χ1v) is 5.58. The van der Waals surface area contributed by atoms with Gasteiger partial charge in [0.25, 0.3) is 0 Å². The van der Waals surface area contributed by atoms with E-state index in [0.29, 0.717) is 10.6 Å². The van der Waals surface area contributed by atoms with Crippen molar-refractivity contribution < 1.29 is 0 Å². The van der Waals surface area contributed by atoms with Crippen molar-refractivity contribution in [1.29, 1.82) is 0 Å². The molecule has 0 bridgehead atoms. The molecule has 1 aliphatic rings. The SMILES string of the molecule is CCC1(CNc2nsnc2Cl)CC1. The lowest BCUT2D eigenvalue weighted by molar-refractivity contribution is 0.521. The molecule has 1 fully saturated rings. The summed E-state index contributed by atoms with van der Waals surface area (Å²) in [6.45, 7) is 3.21. The normalized spacial score (nSPS) is 18.6. The highest BCUT2D eigenvalue weighted by atomic mass is 35.5. The van der Waals surface area contributed by atoms with E-state index in [-0.39, 0.29) is 0 Å². The number of nitrogens with zero attached hydrogens (tertiary/aromatic N) is 2. The Balaban J connectivity index is 1.90. The van der Waals surface area contributed by atoms with Gasteiger partial charge in [0, 0.05) is 6.54 Å². The molecule has 3 nitrogen and oxygen atoms in total. The van der Waals surface area contributed by atoms with Gasteiger partial charge in [-0.15, -0.1) is 0 Å². The smallest absolute Gasteiger partial charge is 0.186 e. The Morgan fingerprint density at radius 3 is 2.77 bits per heavy atom. The standard InChI is InChI=1S/C8H12ClN3S/c1-2-8(3-4-8)5-10-7-6(9)11-13-12-7/h2-5H2,1H3,(H,10,12). The Kier molecular flexibility index (Phi) is 2.43. The van der Waals surface area contributed by atoms with Gasteiger partial charge in [-0.1, -0.05) is 18.5 Å². The molecular weight excluding hydrogens is 206 g/mol. The highest BCUT2D eigenvalue weighted by Crippen LogP contribution is 2.48. The largest absolute Gasteiger partial charge is 0.366 e. The average molecular weight is 218 g/mol. The zero-order valence-corrected chi connectivity index (χ0v) is 9.08. The van der Waals surface area contributed by atoms with Crippen LogP contribution in [0.3, 0.4) is 0 Å². The fourth-order valence-corrected chi connectivity index (χ4v) is 2.07. The first-order valence-electron chi connectivity index (χ1n) is 4.48. The van der Waals surface area contributed by atoms with E-state index in [0.717, 1.165) is 24.1 Å². The number of nitrogens with one attached hydrogen (secondary N) is 1. The lowest BCUT2D eigenvalue weighted by atomic mass is 10.0. The maximum atomic E-state index is 5.81. The maximum Gasteiger partial charge on any atom is 0.186 e. The molecule has 0 unspecified atom stereocenters. The van der Waals surface area contributed by atoms with Crippen molar-refractivity contribution >= 4 is 29.1 Å². The van der Waals surface area contributed by atoms with Crippen molar-refractivity contribution in [2.75, 3.05) is 11.9 Å². The van der Waals surface area contributed by atoms with Crippen molar-refractivity contribution in [3.05, 3.63) is 5.15 Å². The van der Waals surface area contributed by atoms with Crippen molar-refractivity contribution in [3.63, 3.8) is 0 Å². The van der Waals surface area contributed by atoms with Crippen LogP contribution in [-0.2, 0) is 0 Å². The van der Waals surface area contributed by atoms with Gasteiger partial charge in [-0.05, 0) is 24.7 Å². The molecular formula is C8H12ClN3S. The highest BCUT2D eigenvalue weighted by molar-refractivity contribution is 6.99. The van der Waals surface area contributed by atoms with Crippen LogP contribution in [0.1, 0.15) is 26.2 Å². The summed E-state index contributed by atoms with van der Waals surface area (Å²) in [6, 6.07) is 0. The molecule has 1 aliphatic carbocycles. The molecule has 0 atom stereocenters. The number of aromatic nitrogens is 2. The fourth-order valence-electron chi connectivity index (χ4n) is 1.39. The van der Waals surface area contributed by atoms with E-state index in [1.165, 1.54) is 19.3 Å². The van der Waals surface area contributed by atoms with Crippen LogP contribution in [0.4, 0.5) is 5.82 Å². The molecule has 1 N–H and O–H groups in total. The van der Waals surface area contributed by atoms with Crippen molar-refractivity contribution in [2.45, 2.75) is 26.2 Å². The van der Waals surface area contributed by atoms with Crippen LogP contribution >= 0.6 is 23.3 Å². The Morgan fingerprint density at radius 1 is 1.54 bits per heavy atom. The molecule has 0 spiro atoms.